The maximum Gasteiger partial charge on any atom is 0.160 e. The molecule has 0 aliphatic carbocycles. The second-order valence-electron chi connectivity index (χ2n) is 6.35. The largest absolute Gasteiger partial charge is 0.311 e. The van der Waals surface area contributed by atoms with Crippen LogP contribution in [-0.2, 0) is 6.54 Å². The number of aryl methyl sites for hydroxylation is 2. The fraction of sp³-hybridized carbons (Fsp3) is 0.600. The SMILES string of the molecule is Cc1ccnc2c1nc(C(C)Cl)n2CCC(C)(C)C. The summed E-state index contributed by atoms with van der Waals surface area (Å²) in [5, 5.41) is -0.103. The Balaban J connectivity index is 2.50. The molecule has 1 unspecified atom stereocenters. The Hall–Kier alpha value is -1.09. The molecule has 2 aromatic heterocycles. The quantitative estimate of drug-likeness (QED) is 0.776. The molecule has 1 atom stereocenters. The molecule has 0 aliphatic rings. The molecular formula is C15H22ClN3. The number of alkyl halides is 1. The van der Waals surface area contributed by atoms with Crippen LogP contribution >= 0.6 is 11.6 Å². The van der Waals surface area contributed by atoms with Crippen LogP contribution in [0.4, 0.5) is 0 Å². The number of pyridine rings is 1. The van der Waals surface area contributed by atoms with Gasteiger partial charge in [-0.15, -0.1) is 11.6 Å². The first-order chi connectivity index (χ1) is 8.79. The zero-order chi connectivity index (χ0) is 14.2. The minimum Gasteiger partial charge on any atom is -0.311 e. The number of hydrogen-bond donors (Lipinski definition) is 0. The summed E-state index contributed by atoms with van der Waals surface area (Å²) in [6.07, 6.45) is 2.92. The van der Waals surface area contributed by atoms with E-state index in [9.17, 15) is 0 Å². The fourth-order valence-corrected chi connectivity index (χ4v) is 2.29. The molecular weight excluding hydrogens is 258 g/mol. The molecule has 19 heavy (non-hydrogen) atoms. The van der Waals surface area contributed by atoms with Crippen LogP contribution in [0.15, 0.2) is 12.3 Å². The van der Waals surface area contributed by atoms with Crippen LogP contribution in [0.1, 0.15) is 50.9 Å². The summed E-state index contributed by atoms with van der Waals surface area (Å²) in [5.74, 6) is 0.919. The number of hydrogen-bond acceptors (Lipinski definition) is 2. The summed E-state index contributed by atoms with van der Waals surface area (Å²) >= 11 is 6.27. The van der Waals surface area contributed by atoms with Gasteiger partial charge in [-0.3, -0.25) is 0 Å². The second kappa shape index (κ2) is 5.12. The number of fused-ring (bicyclic) bond motifs is 1. The molecule has 2 rings (SSSR count). The molecule has 0 amide bonds. The molecule has 2 heterocycles. The van der Waals surface area contributed by atoms with Gasteiger partial charge in [0.15, 0.2) is 5.65 Å². The van der Waals surface area contributed by atoms with Gasteiger partial charge in [-0.25, -0.2) is 9.97 Å². The topological polar surface area (TPSA) is 30.7 Å². The van der Waals surface area contributed by atoms with E-state index < -0.39 is 0 Å². The third-order valence-corrected chi connectivity index (χ3v) is 3.50. The average molecular weight is 280 g/mol. The molecule has 0 fully saturated rings. The van der Waals surface area contributed by atoms with Crippen molar-refractivity contribution < 1.29 is 0 Å². The van der Waals surface area contributed by atoms with Crippen LogP contribution < -0.4 is 0 Å². The normalized spacial score (nSPS) is 14.0. The van der Waals surface area contributed by atoms with Crippen LogP contribution in [0.5, 0.6) is 0 Å². The molecule has 0 saturated carbocycles. The predicted octanol–water partition coefficient (Wildman–Crippen LogP) is 4.48. The molecule has 2 aromatic rings. The van der Waals surface area contributed by atoms with Crippen molar-refractivity contribution in [3.05, 3.63) is 23.7 Å². The van der Waals surface area contributed by atoms with Gasteiger partial charge in [0.1, 0.15) is 11.3 Å². The molecule has 0 aliphatic heterocycles. The van der Waals surface area contributed by atoms with Crippen molar-refractivity contribution in [1.82, 2.24) is 14.5 Å². The van der Waals surface area contributed by atoms with Gasteiger partial charge in [0.2, 0.25) is 0 Å². The Kier molecular flexibility index (Phi) is 3.86. The van der Waals surface area contributed by atoms with Gasteiger partial charge >= 0.3 is 0 Å². The van der Waals surface area contributed by atoms with E-state index in [1.165, 1.54) is 0 Å². The van der Waals surface area contributed by atoms with E-state index in [-0.39, 0.29) is 10.8 Å². The number of aromatic nitrogens is 3. The van der Waals surface area contributed by atoms with Gasteiger partial charge in [-0.05, 0) is 37.3 Å². The number of nitrogens with zero attached hydrogens (tertiary/aromatic N) is 3. The Morgan fingerprint density at radius 3 is 2.63 bits per heavy atom. The Morgan fingerprint density at radius 1 is 1.37 bits per heavy atom. The lowest BCUT2D eigenvalue weighted by Gasteiger charge is -2.19. The summed E-state index contributed by atoms with van der Waals surface area (Å²) in [5.41, 5.74) is 3.36. The smallest absolute Gasteiger partial charge is 0.160 e. The van der Waals surface area contributed by atoms with E-state index in [2.05, 4.69) is 42.2 Å². The van der Waals surface area contributed by atoms with E-state index in [1.54, 1.807) is 0 Å². The first-order valence-corrected chi connectivity index (χ1v) is 7.19. The lowest BCUT2D eigenvalue weighted by atomic mass is 9.92. The molecule has 0 bridgehead atoms. The van der Waals surface area contributed by atoms with Crippen LogP contribution in [0.25, 0.3) is 11.2 Å². The van der Waals surface area contributed by atoms with Gasteiger partial charge in [0.25, 0.3) is 0 Å². The molecule has 0 saturated heterocycles. The first kappa shape index (κ1) is 14.3. The zero-order valence-electron chi connectivity index (χ0n) is 12.4. The Bertz CT molecular complexity index is 579. The average Bonchev–Trinajstić information content (AvgIpc) is 2.66. The second-order valence-corrected chi connectivity index (χ2v) is 7.00. The van der Waals surface area contributed by atoms with E-state index in [0.717, 1.165) is 35.5 Å². The maximum absolute atomic E-state index is 6.27. The van der Waals surface area contributed by atoms with Crippen molar-refractivity contribution in [2.24, 2.45) is 5.41 Å². The molecule has 4 heteroatoms. The van der Waals surface area contributed by atoms with Crippen LogP contribution in [-0.4, -0.2) is 14.5 Å². The highest BCUT2D eigenvalue weighted by Crippen LogP contribution is 2.27. The van der Waals surface area contributed by atoms with Crippen molar-refractivity contribution in [2.45, 2.75) is 53.0 Å². The summed E-state index contributed by atoms with van der Waals surface area (Å²) in [6.45, 7) is 11.7. The first-order valence-electron chi connectivity index (χ1n) is 6.75. The van der Waals surface area contributed by atoms with E-state index in [0.29, 0.717) is 0 Å². The Morgan fingerprint density at radius 2 is 2.05 bits per heavy atom. The van der Waals surface area contributed by atoms with E-state index in [4.69, 9.17) is 11.6 Å². The van der Waals surface area contributed by atoms with Crippen molar-refractivity contribution in [3.8, 4) is 0 Å². The van der Waals surface area contributed by atoms with Crippen LogP contribution in [0, 0.1) is 12.3 Å². The number of imidazole rings is 1. The molecule has 3 nitrogen and oxygen atoms in total. The van der Waals surface area contributed by atoms with Gasteiger partial charge in [-0.2, -0.15) is 0 Å². The zero-order valence-corrected chi connectivity index (χ0v) is 13.1. The minimum atomic E-state index is -0.103. The van der Waals surface area contributed by atoms with Crippen molar-refractivity contribution in [2.75, 3.05) is 0 Å². The van der Waals surface area contributed by atoms with E-state index >= 15 is 0 Å². The van der Waals surface area contributed by atoms with Crippen molar-refractivity contribution in [1.29, 1.82) is 0 Å². The summed E-state index contributed by atoms with van der Waals surface area (Å²) in [4.78, 5) is 9.17. The maximum atomic E-state index is 6.27. The number of rotatable bonds is 3. The summed E-state index contributed by atoms with van der Waals surface area (Å²) in [7, 11) is 0. The summed E-state index contributed by atoms with van der Waals surface area (Å²) < 4.78 is 2.17. The van der Waals surface area contributed by atoms with E-state index in [1.807, 2.05) is 19.2 Å². The van der Waals surface area contributed by atoms with Gasteiger partial charge in [0.05, 0.1) is 5.38 Å². The van der Waals surface area contributed by atoms with Crippen LogP contribution in [0.2, 0.25) is 0 Å². The minimum absolute atomic E-state index is 0.103. The highest BCUT2D eigenvalue weighted by molar-refractivity contribution is 6.20. The third kappa shape index (κ3) is 3.08. The molecule has 0 N–H and O–H groups in total. The predicted molar refractivity (Wildman–Crippen MR) is 80.6 cm³/mol. The van der Waals surface area contributed by atoms with Crippen molar-refractivity contribution in [3.63, 3.8) is 0 Å². The monoisotopic (exact) mass is 279 g/mol. The third-order valence-electron chi connectivity index (χ3n) is 3.31. The van der Waals surface area contributed by atoms with Crippen molar-refractivity contribution >= 4 is 22.8 Å². The Labute approximate surface area is 120 Å². The molecule has 104 valence electrons. The fourth-order valence-electron chi connectivity index (χ4n) is 2.13. The lowest BCUT2D eigenvalue weighted by molar-refractivity contribution is 0.349. The van der Waals surface area contributed by atoms with Gasteiger partial charge < -0.3 is 4.57 Å². The number of halogens is 1. The molecule has 0 spiro atoms. The highest BCUT2D eigenvalue weighted by atomic mass is 35.5. The van der Waals surface area contributed by atoms with Crippen LogP contribution in [0.3, 0.4) is 0 Å². The summed E-state index contributed by atoms with van der Waals surface area (Å²) in [6, 6.07) is 1.99. The molecule has 0 radical (unpaired) electrons. The van der Waals surface area contributed by atoms with Gasteiger partial charge in [0, 0.05) is 12.7 Å². The van der Waals surface area contributed by atoms with Gasteiger partial charge in [-0.1, -0.05) is 20.8 Å². The standard InChI is InChI=1S/C15H22ClN3/c1-10-6-8-17-14-12(10)18-13(11(2)16)19(14)9-7-15(3,4)5/h6,8,11H,7,9H2,1-5H3. The molecule has 0 aromatic carbocycles. The lowest BCUT2D eigenvalue weighted by Crippen LogP contribution is -2.13. The highest BCUT2D eigenvalue weighted by Gasteiger charge is 2.19.